The Kier molecular flexibility index (Phi) is 3.20. The van der Waals surface area contributed by atoms with E-state index in [9.17, 15) is 5.26 Å². The molecule has 0 aromatic heterocycles. The lowest BCUT2D eigenvalue weighted by Crippen LogP contribution is -2.47. The second kappa shape index (κ2) is 4.84. The van der Waals surface area contributed by atoms with Crippen LogP contribution >= 0.6 is 0 Å². The molecule has 0 amide bonds. The predicted molar refractivity (Wildman–Crippen MR) is 71.2 cm³/mol. The molecule has 3 aliphatic rings. The standard InChI is InChI=1S/C15H23N3/c16-10-18-14-7-3-1-5-11(14)9-13(17)12-6-2-4-8-15(12)18/h9,11-12,14-15H,1-8,17H2. The Bertz CT molecular complexity index is 382. The molecular weight excluding hydrogens is 222 g/mol. The first-order valence-corrected chi connectivity index (χ1v) is 7.46. The van der Waals surface area contributed by atoms with Crippen LogP contribution in [0.5, 0.6) is 0 Å². The summed E-state index contributed by atoms with van der Waals surface area (Å²) in [7, 11) is 0. The SMILES string of the molecule is N#CN1C2CCCCC2C=C(N)C2CCCCC21. The molecule has 0 aromatic carbocycles. The van der Waals surface area contributed by atoms with Gasteiger partial charge in [0, 0.05) is 23.7 Å². The van der Waals surface area contributed by atoms with Gasteiger partial charge in [0.05, 0.1) is 0 Å². The van der Waals surface area contributed by atoms with E-state index in [1.807, 2.05) is 0 Å². The van der Waals surface area contributed by atoms with Gasteiger partial charge in [0.25, 0.3) is 0 Å². The lowest BCUT2D eigenvalue weighted by molar-refractivity contribution is 0.102. The van der Waals surface area contributed by atoms with Gasteiger partial charge in [-0.3, -0.25) is 0 Å². The van der Waals surface area contributed by atoms with Gasteiger partial charge in [0.1, 0.15) is 0 Å². The van der Waals surface area contributed by atoms with Crippen LogP contribution in [0.4, 0.5) is 0 Å². The Balaban J connectivity index is 1.95. The van der Waals surface area contributed by atoms with Crippen LogP contribution in [-0.2, 0) is 0 Å². The third-order valence-corrected chi connectivity index (χ3v) is 5.18. The summed E-state index contributed by atoms with van der Waals surface area (Å²) >= 11 is 0. The fourth-order valence-electron chi connectivity index (χ4n) is 4.28. The molecule has 3 heteroatoms. The zero-order chi connectivity index (χ0) is 12.5. The molecule has 3 rings (SSSR count). The van der Waals surface area contributed by atoms with Crippen LogP contribution in [-0.4, -0.2) is 17.0 Å². The van der Waals surface area contributed by atoms with Crippen molar-refractivity contribution in [1.29, 1.82) is 5.26 Å². The number of nitriles is 1. The van der Waals surface area contributed by atoms with Crippen molar-refractivity contribution in [1.82, 2.24) is 4.90 Å². The van der Waals surface area contributed by atoms with Crippen molar-refractivity contribution in [3.63, 3.8) is 0 Å². The van der Waals surface area contributed by atoms with Gasteiger partial charge in [-0.1, -0.05) is 31.8 Å². The van der Waals surface area contributed by atoms with Crippen LogP contribution < -0.4 is 5.73 Å². The molecule has 2 N–H and O–H groups in total. The second-order valence-corrected chi connectivity index (χ2v) is 6.15. The molecule has 1 aliphatic heterocycles. The van der Waals surface area contributed by atoms with Crippen molar-refractivity contribution in [2.24, 2.45) is 17.6 Å². The van der Waals surface area contributed by atoms with E-state index >= 15 is 0 Å². The quantitative estimate of drug-likeness (QED) is 0.668. The summed E-state index contributed by atoms with van der Waals surface area (Å²) in [5.74, 6) is 0.952. The summed E-state index contributed by atoms with van der Waals surface area (Å²) in [6, 6.07) is 0.809. The summed E-state index contributed by atoms with van der Waals surface area (Å²) < 4.78 is 0. The molecule has 4 unspecified atom stereocenters. The van der Waals surface area contributed by atoms with E-state index in [0.717, 1.165) is 12.1 Å². The van der Waals surface area contributed by atoms with E-state index in [-0.39, 0.29) is 0 Å². The van der Waals surface area contributed by atoms with Crippen LogP contribution in [0.3, 0.4) is 0 Å². The number of hydrogen-bond donors (Lipinski definition) is 1. The predicted octanol–water partition coefficient (Wildman–Crippen LogP) is 2.74. The number of hydrogen-bond acceptors (Lipinski definition) is 3. The monoisotopic (exact) mass is 245 g/mol. The van der Waals surface area contributed by atoms with Crippen LogP contribution in [0, 0.1) is 23.3 Å². The first kappa shape index (κ1) is 11.9. The van der Waals surface area contributed by atoms with Gasteiger partial charge in [-0.2, -0.15) is 5.26 Å². The first-order valence-electron chi connectivity index (χ1n) is 7.46. The minimum Gasteiger partial charge on any atom is -0.402 e. The fraction of sp³-hybridized carbons (Fsp3) is 0.800. The van der Waals surface area contributed by atoms with Gasteiger partial charge in [0.15, 0.2) is 6.19 Å². The normalized spacial score (nSPS) is 39.9. The van der Waals surface area contributed by atoms with Crippen molar-refractivity contribution >= 4 is 0 Å². The summed E-state index contributed by atoms with van der Waals surface area (Å²) in [4.78, 5) is 2.13. The van der Waals surface area contributed by atoms with Gasteiger partial charge < -0.3 is 10.6 Å². The van der Waals surface area contributed by atoms with Crippen molar-refractivity contribution in [3.8, 4) is 6.19 Å². The maximum absolute atomic E-state index is 9.59. The largest absolute Gasteiger partial charge is 0.402 e. The van der Waals surface area contributed by atoms with Crippen molar-refractivity contribution in [2.45, 2.75) is 63.5 Å². The highest BCUT2D eigenvalue weighted by atomic mass is 15.2. The van der Waals surface area contributed by atoms with Gasteiger partial charge >= 0.3 is 0 Å². The van der Waals surface area contributed by atoms with Crippen LogP contribution in [0.1, 0.15) is 51.4 Å². The molecule has 1 heterocycles. The Hall–Kier alpha value is -1.17. The molecule has 4 atom stereocenters. The number of fused-ring (bicyclic) bond motifs is 2. The average molecular weight is 245 g/mol. The van der Waals surface area contributed by atoms with E-state index in [4.69, 9.17) is 5.73 Å². The highest BCUT2D eigenvalue weighted by molar-refractivity contribution is 5.17. The van der Waals surface area contributed by atoms with E-state index in [0.29, 0.717) is 23.9 Å². The van der Waals surface area contributed by atoms with Crippen molar-refractivity contribution < 1.29 is 0 Å². The molecule has 0 spiro atoms. The minimum absolute atomic E-state index is 0.382. The molecule has 0 radical (unpaired) electrons. The van der Waals surface area contributed by atoms with Gasteiger partial charge in [-0.25, -0.2) is 0 Å². The van der Waals surface area contributed by atoms with Gasteiger partial charge in [0.2, 0.25) is 0 Å². The highest BCUT2D eigenvalue weighted by Crippen LogP contribution is 2.41. The molecular formula is C15H23N3. The lowest BCUT2D eigenvalue weighted by atomic mass is 9.82. The Morgan fingerprint density at radius 3 is 2.50 bits per heavy atom. The van der Waals surface area contributed by atoms with E-state index in [2.05, 4.69) is 17.2 Å². The van der Waals surface area contributed by atoms with E-state index in [1.54, 1.807) is 0 Å². The fourth-order valence-corrected chi connectivity index (χ4v) is 4.28. The minimum atomic E-state index is 0.382. The Labute approximate surface area is 110 Å². The van der Waals surface area contributed by atoms with Crippen LogP contribution in [0.15, 0.2) is 11.8 Å². The smallest absolute Gasteiger partial charge is 0.179 e. The second-order valence-electron chi connectivity index (χ2n) is 6.15. The summed E-state index contributed by atoms with van der Waals surface area (Å²) in [5.41, 5.74) is 7.42. The topological polar surface area (TPSA) is 53.0 Å². The average Bonchev–Trinajstić information content (AvgIpc) is 2.53. The van der Waals surface area contributed by atoms with Gasteiger partial charge in [-0.05, 0) is 31.6 Å². The molecule has 0 bridgehead atoms. The number of nitrogens with two attached hydrogens (primary N) is 1. The molecule has 98 valence electrons. The zero-order valence-electron chi connectivity index (χ0n) is 11.0. The third-order valence-electron chi connectivity index (χ3n) is 5.18. The molecule has 0 aromatic rings. The highest BCUT2D eigenvalue weighted by Gasteiger charge is 2.41. The molecule has 18 heavy (non-hydrogen) atoms. The Morgan fingerprint density at radius 1 is 1.06 bits per heavy atom. The molecule has 2 fully saturated rings. The summed E-state index contributed by atoms with van der Waals surface area (Å²) in [6.45, 7) is 0. The molecule has 2 saturated carbocycles. The van der Waals surface area contributed by atoms with Crippen molar-refractivity contribution in [2.75, 3.05) is 0 Å². The number of rotatable bonds is 0. The van der Waals surface area contributed by atoms with Crippen LogP contribution in [0.25, 0.3) is 0 Å². The molecule has 0 saturated heterocycles. The Morgan fingerprint density at radius 2 is 1.72 bits per heavy atom. The maximum Gasteiger partial charge on any atom is 0.179 e. The first-order chi connectivity index (χ1) is 8.81. The van der Waals surface area contributed by atoms with Gasteiger partial charge in [-0.15, -0.1) is 0 Å². The third kappa shape index (κ3) is 1.88. The maximum atomic E-state index is 9.59. The summed E-state index contributed by atoms with van der Waals surface area (Å²) in [5, 5.41) is 9.59. The van der Waals surface area contributed by atoms with E-state index < -0.39 is 0 Å². The zero-order valence-corrected chi connectivity index (χ0v) is 11.0. The van der Waals surface area contributed by atoms with E-state index in [1.165, 1.54) is 44.9 Å². The lowest BCUT2D eigenvalue weighted by Gasteiger charge is -2.41. The van der Waals surface area contributed by atoms with Crippen molar-refractivity contribution in [3.05, 3.63) is 11.8 Å². The molecule has 3 nitrogen and oxygen atoms in total. The van der Waals surface area contributed by atoms with Crippen LogP contribution in [0.2, 0.25) is 0 Å². The number of nitrogens with zero attached hydrogens (tertiary/aromatic N) is 2. The molecule has 2 aliphatic carbocycles. The summed E-state index contributed by atoms with van der Waals surface area (Å²) in [6.07, 6.45) is 14.6.